The maximum absolute atomic E-state index is 6.38. The van der Waals surface area contributed by atoms with E-state index in [4.69, 9.17) is 21.3 Å². The largest absolute Gasteiger partial charge is 0.374 e. The van der Waals surface area contributed by atoms with E-state index in [1.807, 2.05) is 6.92 Å². The summed E-state index contributed by atoms with van der Waals surface area (Å²) in [6.07, 6.45) is 3.92. The van der Waals surface area contributed by atoms with Gasteiger partial charge < -0.3 is 9.64 Å². The van der Waals surface area contributed by atoms with Crippen LogP contribution in [0.25, 0.3) is 0 Å². The van der Waals surface area contributed by atoms with Crippen molar-refractivity contribution in [3.63, 3.8) is 0 Å². The molecule has 1 aliphatic heterocycles. The van der Waals surface area contributed by atoms with Crippen molar-refractivity contribution in [1.82, 2.24) is 9.97 Å². The van der Waals surface area contributed by atoms with Gasteiger partial charge >= 0.3 is 0 Å². The molecule has 116 valence electrons. The summed E-state index contributed by atoms with van der Waals surface area (Å²) in [7, 11) is 0. The van der Waals surface area contributed by atoms with Crippen LogP contribution in [0.4, 0.5) is 5.82 Å². The average Bonchev–Trinajstić information content (AvgIpc) is 2.88. The molecule has 0 radical (unpaired) electrons. The molecular weight excluding hydrogens is 286 g/mol. The summed E-state index contributed by atoms with van der Waals surface area (Å²) < 4.78 is 5.90. The zero-order valence-corrected chi connectivity index (χ0v) is 14.1. The topological polar surface area (TPSA) is 38.2 Å². The number of nitrogens with zero attached hydrogens (tertiary/aromatic N) is 3. The van der Waals surface area contributed by atoms with E-state index in [0.29, 0.717) is 17.3 Å². The van der Waals surface area contributed by atoms with Crippen molar-refractivity contribution in [2.75, 3.05) is 18.1 Å². The number of hydrogen-bond acceptors (Lipinski definition) is 4. The number of aromatic nitrogens is 2. The second-order valence-corrected chi connectivity index (χ2v) is 7.50. The number of morpholine rings is 1. The highest BCUT2D eigenvalue weighted by Crippen LogP contribution is 2.36. The quantitative estimate of drug-likeness (QED) is 0.744. The summed E-state index contributed by atoms with van der Waals surface area (Å²) in [6.45, 7) is 10.0. The Hall–Kier alpha value is -0.870. The minimum Gasteiger partial charge on any atom is -0.374 e. The maximum atomic E-state index is 6.38. The van der Waals surface area contributed by atoms with Crippen LogP contribution in [0.5, 0.6) is 0 Å². The van der Waals surface area contributed by atoms with E-state index in [2.05, 4.69) is 30.7 Å². The molecule has 5 heteroatoms. The number of hydrogen-bond donors (Lipinski definition) is 0. The van der Waals surface area contributed by atoms with Crippen LogP contribution < -0.4 is 4.90 Å². The minimum atomic E-state index is -0.104. The number of halogens is 1. The molecule has 0 bridgehead atoms. The van der Waals surface area contributed by atoms with Crippen molar-refractivity contribution in [3.05, 3.63) is 16.5 Å². The lowest BCUT2D eigenvalue weighted by Crippen LogP contribution is -2.49. The second-order valence-electron chi connectivity index (χ2n) is 7.14. The Balaban J connectivity index is 2.02. The van der Waals surface area contributed by atoms with Gasteiger partial charge in [0.25, 0.3) is 0 Å². The Labute approximate surface area is 131 Å². The summed E-state index contributed by atoms with van der Waals surface area (Å²) >= 11 is 6.38. The van der Waals surface area contributed by atoms with Gasteiger partial charge in [-0.25, -0.2) is 9.97 Å². The van der Waals surface area contributed by atoms with E-state index in [9.17, 15) is 0 Å². The fourth-order valence-electron chi connectivity index (χ4n) is 3.28. The number of ether oxygens (including phenoxy) is 1. The molecule has 0 N–H and O–H groups in total. The van der Waals surface area contributed by atoms with E-state index in [0.717, 1.165) is 36.8 Å². The summed E-state index contributed by atoms with van der Waals surface area (Å²) in [5.74, 6) is 1.81. The molecule has 1 aliphatic carbocycles. The van der Waals surface area contributed by atoms with Crippen LogP contribution in [0.1, 0.15) is 51.4 Å². The number of rotatable bonds is 1. The van der Waals surface area contributed by atoms with Gasteiger partial charge in [0.1, 0.15) is 16.8 Å². The van der Waals surface area contributed by atoms with Gasteiger partial charge in [-0.15, -0.1) is 0 Å². The molecule has 2 fully saturated rings. The Morgan fingerprint density at radius 2 is 2.00 bits per heavy atom. The summed E-state index contributed by atoms with van der Waals surface area (Å²) in [5, 5.41) is 0.575. The van der Waals surface area contributed by atoms with Gasteiger partial charge in [-0.05, 0) is 26.2 Å². The fraction of sp³-hybridized carbons (Fsp3) is 0.750. The fourth-order valence-corrected chi connectivity index (χ4v) is 3.45. The van der Waals surface area contributed by atoms with Crippen LogP contribution in [0.2, 0.25) is 5.15 Å². The van der Waals surface area contributed by atoms with Crippen molar-refractivity contribution in [2.24, 2.45) is 0 Å². The van der Waals surface area contributed by atoms with Crippen LogP contribution >= 0.6 is 11.6 Å². The molecule has 0 amide bonds. The standard InChI is InChI=1S/C16H24ClN3O/c1-10-13(17)18-15(16(2,3)4)19-14(10)20-8-9-21-12-7-5-6-11(12)20/h11-12H,5-9H2,1-4H3. The molecule has 0 aromatic carbocycles. The van der Waals surface area contributed by atoms with Gasteiger partial charge in [-0.3, -0.25) is 0 Å². The molecule has 2 atom stereocenters. The number of anilines is 1. The smallest absolute Gasteiger partial charge is 0.137 e. The minimum absolute atomic E-state index is 0.104. The zero-order valence-electron chi connectivity index (χ0n) is 13.3. The summed E-state index contributed by atoms with van der Waals surface area (Å²) in [4.78, 5) is 11.7. The normalized spacial score (nSPS) is 26.0. The van der Waals surface area contributed by atoms with Gasteiger partial charge in [-0.1, -0.05) is 32.4 Å². The number of fused-ring (bicyclic) bond motifs is 1. The highest BCUT2D eigenvalue weighted by molar-refractivity contribution is 6.30. The third kappa shape index (κ3) is 2.76. The summed E-state index contributed by atoms with van der Waals surface area (Å²) in [6, 6.07) is 0.441. The first-order valence-corrected chi connectivity index (χ1v) is 8.18. The first-order valence-electron chi connectivity index (χ1n) is 7.81. The first-order chi connectivity index (χ1) is 9.88. The van der Waals surface area contributed by atoms with Gasteiger partial charge in [-0.2, -0.15) is 0 Å². The van der Waals surface area contributed by atoms with E-state index in [-0.39, 0.29) is 5.41 Å². The van der Waals surface area contributed by atoms with Crippen LogP contribution in [0, 0.1) is 6.92 Å². The van der Waals surface area contributed by atoms with Crippen LogP contribution in [-0.2, 0) is 10.2 Å². The van der Waals surface area contributed by atoms with Crippen molar-refractivity contribution in [3.8, 4) is 0 Å². The van der Waals surface area contributed by atoms with Crippen molar-refractivity contribution >= 4 is 17.4 Å². The first kappa shape index (κ1) is 15.0. The molecule has 2 unspecified atom stereocenters. The Morgan fingerprint density at radius 1 is 1.24 bits per heavy atom. The molecule has 4 nitrogen and oxygen atoms in total. The Bertz CT molecular complexity index is 541. The lowest BCUT2D eigenvalue weighted by atomic mass is 9.95. The molecule has 0 spiro atoms. The van der Waals surface area contributed by atoms with Crippen LogP contribution in [-0.4, -0.2) is 35.3 Å². The monoisotopic (exact) mass is 309 g/mol. The maximum Gasteiger partial charge on any atom is 0.137 e. The van der Waals surface area contributed by atoms with Crippen LogP contribution in [0.3, 0.4) is 0 Å². The summed E-state index contributed by atoms with van der Waals surface area (Å²) in [5.41, 5.74) is 0.880. The predicted octanol–water partition coefficient (Wildman–Crippen LogP) is 3.49. The lowest BCUT2D eigenvalue weighted by Gasteiger charge is -2.39. The molecule has 2 heterocycles. The zero-order chi connectivity index (χ0) is 15.2. The molecule has 1 aromatic rings. The lowest BCUT2D eigenvalue weighted by molar-refractivity contribution is 0.0252. The molecule has 2 aliphatic rings. The predicted molar refractivity (Wildman–Crippen MR) is 85.2 cm³/mol. The SMILES string of the molecule is Cc1c(Cl)nc(C(C)(C)C)nc1N1CCOC2CCCC21. The highest BCUT2D eigenvalue weighted by atomic mass is 35.5. The van der Waals surface area contributed by atoms with Gasteiger partial charge in [0.2, 0.25) is 0 Å². The third-order valence-electron chi connectivity index (χ3n) is 4.49. The third-order valence-corrected chi connectivity index (χ3v) is 4.85. The highest BCUT2D eigenvalue weighted by Gasteiger charge is 2.38. The van der Waals surface area contributed by atoms with Crippen molar-refractivity contribution < 1.29 is 4.74 Å². The van der Waals surface area contributed by atoms with Gasteiger partial charge in [0.05, 0.1) is 18.8 Å². The van der Waals surface area contributed by atoms with E-state index in [1.54, 1.807) is 0 Å². The Kier molecular flexibility index (Phi) is 3.87. The molecule has 1 aromatic heterocycles. The van der Waals surface area contributed by atoms with E-state index in [1.165, 1.54) is 12.8 Å². The van der Waals surface area contributed by atoms with Crippen LogP contribution in [0.15, 0.2) is 0 Å². The molecule has 21 heavy (non-hydrogen) atoms. The average molecular weight is 310 g/mol. The molecule has 3 rings (SSSR count). The van der Waals surface area contributed by atoms with Crippen molar-refractivity contribution in [1.29, 1.82) is 0 Å². The molecular formula is C16H24ClN3O. The molecule has 1 saturated heterocycles. The van der Waals surface area contributed by atoms with E-state index < -0.39 is 0 Å². The second kappa shape index (κ2) is 5.40. The van der Waals surface area contributed by atoms with Gasteiger partial charge in [0.15, 0.2) is 0 Å². The Morgan fingerprint density at radius 3 is 2.71 bits per heavy atom. The van der Waals surface area contributed by atoms with Gasteiger partial charge in [0, 0.05) is 17.5 Å². The van der Waals surface area contributed by atoms with E-state index >= 15 is 0 Å². The molecule has 1 saturated carbocycles. The van der Waals surface area contributed by atoms with Crippen molar-refractivity contribution in [2.45, 2.75) is 64.5 Å².